The van der Waals surface area contributed by atoms with Crippen LogP contribution in [0, 0.1) is 18.3 Å². The summed E-state index contributed by atoms with van der Waals surface area (Å²) in [6.07, 6.45) is 16.5. The molecule has 0 radical (unpaired) electrons. The van der Waals surface area contributed by atoms with Gasteiger partial charge in [0.05, 0.1) is 34.7 Å². The number of hydrogen-bond donors (Lipinski definition) is 1. The fourth-order valence-electron chi connectivity index (χ4n) is 13.1. The highest BCUT2D eigenvalue weighted by Gasteiger charge is 2.42. The van der Waals surface area contributed by atoms with Crippen LogP contribution in [0.5, 0.6) is 11.5 Å². The van der Waals surface area contributed by atoms with E-state index in [1.807, 2.05) is 79.7 Å². The van der Waals surface area contributed by atoms with Gasteiger partial charge >= 0.3 is 5.97 Å². The molecule has 3 heterocycles. The Kier molecular flexibility index (Phi) is 18.3. The largest absolute Gasteiger partial charge is 0.490 e. The van der Waals surface area contributed by atoms with Crippen molar-refractivity contribution in [3.63, 3.8) is 0 Å². The fraction of sp³-hybridized carbons (Fsp3) is 0.397. The lowest BCUT2D eigenvalue weighted by Crippen LogP contribution is -2.42. The molecule has 4 amide bonds. The van der Waals surface area contributed by atoms with E-state index >= 15 is 19.2 Å². The predicted octanol–water partition coefficient (Wildman–Crippen LogP) is 19.4. The lowest BCUT2D eigenvalue weighted by Gasteiger charge is -2.34. The number of carbonyl (C=O) groups is 5. The predicted molar refractivity (Wildman–Crippen MR) is 346 cm³/mol. The summed E-state index contributed by atoms with van der Waals surface area (Å²) >= 11 is 1.37. The summed E-state index contributed by atoms with van der Waals surface area (Å²) in [5.41, 5.74) is 5.58. The number of rotatable bonds is 27. The third-order valence-electron chi connectivity index (χ3n) is 17.4. The summed E-state index contributed by atoms with van der Waals surface area (Å²) in [7, 11) is 0. The van der Waals surface area contributed by atoms with Crippen molar-refractivity contribution in [3.8, 4) is 28.7 Å². The second kappa shape index (κ2) is 25.8. The molecular weight excluding hydrogens is 1080 g/mol. The Morgan fingerprint density at radius 1 is 0.553 bits per heavy atom. The van der Waals surface area contributed by atoms with Gasteiger partial charge in [0.25, 0.3) is 23.6 Å². The number of carboxylic acid groups (broad SMARTS) is 1. The van der Waals surface area contributed by atoms with E-state index < -0.39 is 29.6 Å². The van der Waals surface area contributed by atoms with Crippen LogP contribution in [0.15, 0.2) is 90.5 Å². The first-order valence-corrected chi connectivity index (χ1v) is 32.0. The number of anilines is 2. The van der Waals surface area contributed by atoms with Crippen molar-refractivity contribution < 1.29 is 38.6 Å². The maximum Gasteiger partial charge on any atom is 0.346 e. The summed E-state index contributed by atoms with van der Waals surface area (Å²) in [4.78, 5) is 78.4. The number of unbranched alkanes of at least 4 members (excludes halogenated alkanes) is 8. The van der Waals surface area contributed by atoms with Gasteiger partial charge in [-0.2, -0.15) is 5.26 Å². The van der Waals surface area contributed by atoms with Crippen LogP contribution in [0.1, 0.15) is 232 Å². The number of nitrogens with zero attached hydrogens (tertiary/aromatic N) is 3. The SMILES string of the molecule is CCCCCC(CCCCC)Oc1cc2c3c(ccc4c5c(OC(CCCCC)CCCCC)cc6c7c(ccc(c1c34)c75)C(=O)N(c1c(C(C)C)cccc1C(C)C)C6=O)C(=O)N(c1ccc(-c3cc(/C=C(/C#N)C(=O)O)sc3C)cc1)C2=O. The van der Waals surface area contributed by atoms with Gasteiger partial charge in [-0.25, -0.2) is 14.6 Å². The Balaban J connectivity index is 1.23. The maximum atomic E-state index is 15.9. The lowest BCUT2D eigenvalue weighted by atomic mass is 9.81. The van der Waals surface area contributed by atoms with Gasteiger partial charge in [-0.15, -0.1) is 11.3 Å². The van der Waals surface area contributed by atoms with Crippen LogP contribution in [0.2, 0.25) is 0 Å². The molecular formula is C73H79N3O8S. The minimum absolute atomic E-state index is 0.0149. The monoisotopic (exact) mass is 1160 g/mol. The molecule has 2 aliphatic rings. The van der Waals surface area contributed by atoms with Gasteiger partial charge in [0, 0.05) is 53.2 Å². The molecule has 7 aromatic carbocycles. The molecule has 8 aromatic rings. The number of ether oxygens (including phenoxy) is 2. The maximum absolute atomic E-state index is 15.9. The van der Waals surface area contributed by atoms with Crippen molar-refractivity contribution in [3.05, 3.63) is 134 Å². The molecule has 1 N–H and O–H groups in total. The molecule has 0 bridgehead atoms. The number of fused-ring (bicyclic) bond motifs is 2. The van der Waals surface area contributed by atoms with Crippen LogP contribution >= 0.6 is 11.3 Å². The number of para-hydroxylation sites is 1. The van der Waals surface area contributed by atoms with Gasteiger partial charge in [0.2, 0.25) is 0 Å². The van der Waals surface area contributed by atoms with Crippen molar-refractivity contribution in [2.45, 2.75) is 189 Å². The van der Waals surface area contributed by atoms with E-state index in [-0.39, 0.29) is 29.6 Å². The van der Waals surface area contributed by atoms with Crippen molar-refractivity contribution in [2.75, 3.05) is 9.80 Å². The molecule has 0 unspecified atom stereocenters. The molecule has 0 saturated carbocycles. The van der Waals surface area contributed by atoms with E-state index in [1.54, 1.807) is 18.2 Å². The van der Waals surface area contributed by atoms with Gasteiger partial charge in [-0.1, -0.05) is 149 Å². The van der Waals surface area contributed by atoms with E-state index in [0.29, 0.717) is 71.5 Å². The Morgan fingerprint density at radius 3 is 1.41 bits per heavy atom. The van der Waals surface area contributed by atoms with E-state index in [2.05, 4.69) is 55.4 Å². The second-order valence-electron chi connectivity index (χ2n) is 24.0. The van der Waals surface area contributed by atoms with Crippen LogP contribution < -0.4 is 19.3 Å². The normalized spacial score (nSPS) is 13.7. The number of carbonyl (C=O) groups excluding carboxylic acids is 4. The van der Waals surface area contributed by atoms with Gasteiger partial charge < -0.3 is 14.6 Å². The average Bonchev–Trinajstić information content (AvgIpc) is 2.12. The molecule has 0 fully saturated rings. The van der Waals surface area contributed by atoms with E-state index in [4.69, 9.17) is 9.47 Å². The molecule has 0 atom stereocenters. The van der Waals surface area contributed by atoms with Crippen molar-refractivity contribution in [1.29, 1.82) is 5.26 Å². The molecule has 440 valence electrons. The first kappa shape index (κ1) is 60.2. The second-order valence-corrected chi connectivity index (χ2v) is 25.3. The summed E-state index contributed by atoms with van der Waals surface area (Å²) in [5, 5.41) is 24.4. The molecule has 0 spiro atoms. The van der Waals surface area contributed by atoms with Crippen molar-refractivity contribution in [1.82, 2.24) is 0 Å². The smallest absolute Gasteiger partial charge is 0.346 e. The van der Waals surface area contributed by atoms with E-state index in [9.17, 15) is 15.2 Å². The van der Waals surface area contributed by atoms with E-state index in [0.717, 1.165) is 151 Å². The van der Waals surface area contributed by atoms with Gasteiger partial charge in [0.1, 0.15) is 23.1 Å². The molecule has 0 saturated heterocycles. The first-order chi connectivity index (χ1) is 41.1. The molecule has 11 nitrogen and oxygen atoms in total. The number of carboxylic acids is 1. The highest BCUT2D eigenvalue weighted by atomic mass is 32.1. The average molecular weight is 1160 g/mol. The quantitative estimate of drug-likeness (QED) is 0.0132. The third-order valence-corrected chi connectivity index (χ3v) is 18.4. The Bertz CT molecular complexity index is 3930. The highest BCUT2D eigenvalue weighted by molar-refractivity contribution is 7.13. The number of aliphatic carboxylic acids is 1. The summed E-state index contributed by atoms with van der Waals surface area (Å²) in [6, 6.07) is 28.2. The van der Waals surface area contributed by atoms with Gasteiger partial charge in [-0.3, -0.25) is 19.2 Å². The molecule has 85 heavy (non-hydrogen) atoms. The van der Waals surface area contributed by atoms with Crippen LogP contribution in [0.3, 0.4) is 0 Å². The van der Waals surface area contributed by atoms with E-state index in [1.165, 1.54) is 27.2 Å². The summed E-state index contributed by atoms with van der Waals surface area (Å²) < 4.78 is 14.9. The minimum atomic E-state index is -1.30. The summed E-state index contributed by atoms with van der Waals surface area (Å²) in [6.45, 7) is 19.1. The number of hydrogen-bond acceptors (Lipinski definition) is 9. The number of nitriles is 1. The highest BCUT2D eigenvalue weighted by Crippen LogP contribution is 2.54. The lowest BCUT2D eigenvalue weighted by molar-refractivity contribution is -0.132. The third kappa shape index (κ3) is 11.3. The van der Waals surface area contributed by atoms with Crippen LogP contribution in [0.4, 0.5) is 11.4 Å². The van der Waals surface area contributed by atoms with Crippen LogP contribution in [-0.2, 0) is 4.79 Å². The van der Waals surface area contributed by atoms with Crippen LogP contribution in [0.25, 0.3) is 60.3 Å². The first-order valence-electron chi connectivity index (χ1n) is 31.1. The Labute approximate surface area is 503 Å². The molecule has 0 aliphatic carbocycles. The minimum Gasteiger partial charge on any atom is -0.490 e. The van der Waals surface area contributed by atoms with Crippen molar-refractivity contribution in [2.24, 2.45) is 0 Å². The summed E-state index contributed by atoms with van der Waals surface area (Å²) in [5.74, 6) is -2.02. The Hall–Kier alpha value is -7.88. The van der Waals surface area contributed by atoms with Gasteiger partial charge in [0.15, 0.2) is 0 Å². The molecule has 10 rings (SSSR count). The zero-order valence-corrected chi connectivity index (χ0v) is 51.7. The topological polar surface area (TPSA) is 154 Å². The number of thiophene rings is 1. The molecule has 12 heteroatoms. The van der Waals surface area contributed by atoms with Crippen molar-refractivity contribution >= 4 is 101 Å². The number of benzene rings is 7. The van der Waals surface area contributed by atoms with Crippen LogP contribution in [-0.4, -0.2) is 46.9 Å². The number of imide groups is 2. The standard InChI is InChI=1S/C73H79N3O8S/c1-10-14-18-23-48(24-19-15-11-2)83-60-39-58-62-55(69(77)75(71(58)79)47-31-29-45(30-32-47)57-38-50(85-44(57)9)37-46(41-74)73(81)82)35-33-53-65-61(84-49(25-20-16-12-3)26-21-17-13-4)40-59-63-56(36-34-54(67(63)65)64(60)66(53)62)70(78)76(72(59)80)68-51(42(5)6)27-22-28-52(68)43(7)8/h22,27-40,42-43,48-49H,10-21,23-26H2,1-9H3,(H,81,82)/b46-37-. The Morgan fingerprint density at radius 2 is 0.988 bits per heavy atom. The number of aryl methyl sites for hydroxylation is 1. The molecule has 2 aliphatic heterocycles. The zero-order valence-electron chi connectivity index (χ0n) is 50.8. The number of amides is 4. The van der Waals surface area contributed by atoms with Gasteiger partial charge in [-0.05, 0) is 152 Å². The molecule has 1 aromatic heterocycles. The fourth-order valence-corrected chi connectivity index (χ4v) is 14.1. The zero-order chi connectivity index (χ0) is 60.4.